The van der Waals surface area contributed by atoms with E-state index in [4.69, 9.17) is 14.9 Å². The Hall–Kier alpha value is -2.88. The van der Waals surface area contributed by atoms with Crippen molar-refractivity contribution in [2.75, 3.05) is 13.2 Å². The van der Waals surface area contributed by atoms with E-state index in [-0.39, 0.29) is 12.4 Å². The molecule has 0 radical (unpaired) electrons. The number of nitrogens with zero attached hydrogens (tertiary/aromatic N) is 1. The number of benzene rings is 1. The summed E-state index contributed by atoms with van der Waals surface area (Å²) in [5.41, 5.74) is 0.864. The molecule has 0 spiro atoms. The minimum atomic E-state index is -1.44. The maximum Gasteiger partial charge on any atom is 0.413 e. The highest BCUT2D eigenvalue weighted by atomic mass is 16.9. The molecule has 1 unspecified atom stereocenters. The zero-order valence-corrected chi connectivity index (χ0v) is 12.0. The van der Waals surface area contributed by atoms with Gasteiger partial charge in [-0.3, -0.25) is 0 Å². The van der Waals surface area contributed by atoms with E-state index < -0.39 is 29.8 Å². The van der Waals surface area contributed by atoms with Crippen LogP contribution in [-0.2, 0) is 16.1 Å². The molecule has 1 atom stereocenters. The fourth-order valence-electron chi connectivity index (χ4n) is 1.60. The van der Waals surface area contributed by atoms with E-state index in [1.54, 1.807) is 12.1 Å². The number of hydrogen-bond acceptors (Lipinski definition) is 7. The van der Waals surface area contributed by atoms with E-state index in [1.807, 2.05) is 5.32 Å². The summed E-state index contributed by atoms with van der Waals surface area (Å²) in [7, 11) is 0. The Morgan fingerprint density at radius 1 is 1.30 bits per heavy atom. The molecule has 0 aromatic heterocycles. The van der Waals surface area contributed by atoms with Gasteiger partial charge in [-0.1, -0.05) is 12.1 Å². The molecule has 0 aliphatic heterocycles. The number of amides is 1. The molecule has 0 fully saturated rings. The predicted octanol–water partition coefficient (Wildman–Crippen LogP) is 0.361. The number of rotatable bonds is 9. The van der Waals surface area contributed by atoms with Crippen molar-refractivity contribution in [1.82, 2.24) is 5.32 Å². The van der Waals surface area contributed by atoms with Crippen LogP contribution < -0.4 is 10.1 Å². The maximum atomic E-state index is 11.5. The Balaban J connectivity index is 2.42. The monoisotopic (exact) mass is 328 g/mol. The van der Waals surface area contributed by atoms with Gasteiger partial charge in [-0.15, -0.1) is 10.1 Å². The van der Waals surface area contributed by atoms with Gasteiger partial charge in [0.2, 0.25) is 0 Å². The number of aliphatic hydroxyl groups excluding tert-OH is 1. The van der Waals surface area contributed by atoms with Crippen LogP contribution in [0.3, 0.4) is 0 Å². The summed E-state index contributed by atoms with van der Waals surface area (Å²) in [6.07, 6.45) is 0.00303. The van der Waals surface area contributed by atoms with Crippen molar-refractivity contribution < 1.29 is 34.5 Å². The number of carbonyl (C=O) groups is 2. The molecular weight excluding hydrogens is 312 g/mol. The zero-order chi connectivity index (χ0) is 17.2. The molecule has 3 N–H and O–H groups in total. The first kappa shape index (κ1) is 18.2. The first-order valence-electron chi connectivity index (χ1n) is 6.60. The normalized spacial score (nSPS) is 11.3. The highest BCUT2D eigenvalue weighted by Crippen LogP contribution is 2.13. The highest BCUT2D eigenvalue weighted by molar-refractivity contribution is 5.80. The van der Waals surface area contributed by atoms with Gasteiger partial charge in [0.15, 0.2) is 6.04 Å². The van der Waals surface area contributed by atoms with Crippen molar-refractivity contribution in [2.24, 2.45) is 0 Å². The van der Waals surface area contributed by atoms with Crippen LogP contribution in [0.4, 0.5) is 4.79 Å². The Morgan fingerprint density at radius 3 is 2.48 bits per heavy atom. The van der Waals surface area contributed by atoms with Gasteiger partial charge in [-0.25, -0.2) is 9.59 Å². The van der Waals surface area contributed by atoms with Gasteiger partial charge in [0.05, 0.1) is 13.2 Å². The number of carboxylic acid groups (broad SMARTS) is 1. The number of nitrogens with one attached hydrogen (secondary N) is 1. The summed E-state index contributed by atoms with van der Waals surface area (Å²) in [5, 5.41) is 28.6. The molecule has 0 bridgehead atoms. The van der Waals surface area contributed by atoms with Crippen LogP contribution in [0.5, 0.6) is 5.75 Å². The summed E-state index contributed by atoms with van der Waals surface area (Å²) in [5.74, 6) is -1.19. The highest BCUT2D eigenvalue weighted by Gasteiger charge is 2.19. The number of carbonyl (C=O) groups excluding carboxylic acids is 1. The van der Waals surface area contributed by atoms with Crippen molar-refractivity contribution in [1.29, 1.82) is 0 Å². The van der Waals surface area contributed by atoms with Crippen LogP contribution in [0, 0.1) is 10.1 Å². The zero-order valence-electron chi connectivity index (χ0n) is 12.0. The van der Waals surface area contributed by atoms with E-state index in [0.717, 1.165) is 5.56 Å². The van der Waals surface area contributed by atoms with E-state index in [9.17, 15) is 19.7 Å². The fourth-order valence-corrected chi connectivity index (χ4v) is 1.60. The van der Waals surface area contributed by atoms with Gasteiger partial charge in [-0.2, -0.15) is 0 Å². The smallest absolute Gasteiger partial charge is 0.413 e. The average Bonchev–Trinajstić information content (AvgIpc) is 2.50. The second-order valence-corrected chi connectivity index (χ2v) is 4.41. The maximum absolute atomic E-state index is 11.5. The van der Waals surface area contributed by atoms with Crippen LogP contribution in [0.25, 0.3) is 0 Å². The summed E-state index contributed by atoms with van der Waals surface area (Å²) < 4.78 is 4.87. The van der Waals surface area contributed by atoms with Gasteiger partial charge in [-0.05, 0) is 30.5 Å². The first-order chi connectivity index (χ1) is 10.9. The molecule has 0 aliphatic carbocycles. The summed E-state index contributed by atoms with van der Waals surface area (Å²) in [6, 6.07) is 4.88. The Kier molecular flexibility index (Phi) is 7.27. The van der Waals surface area contributed by atoms with Gasteiger partial charge < -0.3 is 25.1 Å². The molecule has 1 amide bonds. The van der Waals surface area contributed by atoms with Gasteiger partial charge in [0.1, 0.15) is 5.75 Å². The molecule has 10 nitrogen and oxygen atoms in total. The number of aliphatic carboxylic acids is 1. The molecule has 0 aliphatic rings. The number of aliphatic hydroxyl groups is 1. The average molecular weight is 328 g/mol. The van der Waals surface area contributed by atoms with E-state index in [1.165, 1.54) is 12.1 Å². The summed E-state index contributed by atoms with van der Waals surface area (Å²) >= 11 is 0. The molecule has 1 aromatic rings. The second kappa shape index (κ2) is 9.20. The largest absolute Gasteiger partial charge is 0.480 e. The van der Waals surface area contributed by atoms with Crippen LogP contribution in [-0.4, -0.2) is 46.6 Å². The van der Waals surface area contributed by atoms with Crippen molar-refractivity contribution in [3.8, 4) is 5.75 Å². The summed E-state index contributed by atoms with van der Waals surface area (Å²) in [6.45, 7) is -0.763. The van der Waals surface area contributed by atoms with Crippen LogP contribution in [0.2, 0.25) is 0 Å². The molecule has 0 saturated carbocycles. The molecule has 1 rings (SSSR count). The third-order valence-electron chi connectivity index (χ3n) is 2.71. The molecular formula is C13H16N2O8. The lowest BCUT2D eigenvalue weighted by atomic mass is 10.1. The number of ether oxygens (including phenoxy) is 1. The first-order valence-corrected chi connectivity index (χ1v) is 6.60. The lowest BCUT2D eigenvalue weighted by molar-refractivity contribution is -0.757. The topological polar surface area (TPSA) is 148 Å². The van der Waals surface area contributed by atoms with Crippen molar-refractivity contribution in [3.05, 3.63) is 39.9 Å². The van der Waals surface area contributed by atoms with Crippen LogP contribution in [0.15, 0.2) is 24.3 Å². The van der Waals surface area contributed by atoms with Crippen LogP contribution >= 0.6 is 0 Å². The second-order valence-electron chi connectivity index (χ2n) is 4.41. The number of carboxylic acids is 1. The quantitative estimate of drug-likeness (QED) is 0.334. The summed E-state index contributed by atoms with van der Waals surface area (Å²) in [4.78, 5) is 36.3. The molecule has 10 heteroatoms. The fraction of sp³-hybridized carbons (Fsp3) is 0.385. The molecule has 0 saturated heterocycles. The van der Waals surface area contributed by atoms with Gasteiger partial charge >= 0.3 is 12.1 Å². The van der Waals surface area contributed by atoms with Crippen molar-refractivity contribution in [2.45, 2.75) is 18.9 Å². The molecule has 126 valence electrons. The predicted molar refractivity (Wildman–Crippen MR) is 75.4 cm³/mol. The minimum absolute atomic E-state index is 0.00854. The third-order valence-corrected chi connectivity index (χ3v) is 2.71. The third kappa shape index (κ3) is 7.09. The number of aryl methyl sites for hydroxylation is 1. The minimum Gasteiger partial charge on any atom is -0.480 e. The van der Waals surface area contributed by atoms with Gasteiger partial charge in [0, 0.05) is 0 Å². The van der Waals surface area contributed by atoms with E-state index >= 15 is 0 Å². The van der Waals surface area contributed by atoms with E-state index in [2.05, 4.69) is 4.84 Å². The Labute approximate surface area is 130 Å². The molecule has 23 heavy (non-hydrogen) atoms. The van der Waals surface area contributed by atoms with Crippen LogP contribution in [0.1, 0.15) is 12.0 Å². The lowest BCUT2D eigenvalue weighted by Gasteiger charge is -2.11. The van der Waals surface area contributed by atoms with Crippen molar-refractivity contribution >= 4 is 12.1 Å². The molecule has 1 aromatic carbocycles. The lowest BCUT2D eigenvalue weighted by Crippen LogP contribution is -2.44. The van der Waals surface area contributed by atoms with E-state index in [0.29, 0.717) is 12.8 Å². The van der Waals surface area contributed by atoms with Crippen molar-refractivity contribution in [3.63, 3.8) is 0 Å². The SMILES string of the molecule is O=C(NC(CO)C(=O)O)Oc1ccc(CCCO[N+](=O)[O-])cc1. The molecule has 0 heterocycles. The number of hydrogen-bond donors (Lipinski definition) is 3. The Bertz CT molecular complexity index is 545. The standard InChI is InChI=1S/C13H16N2O8/c16-8-11(12(17)18)14-13(19)23-10-5-3-9(4-6-10)2-1-7-22-15(20)21/h3-6,11,16H,1-2,7-8H2,(H,14,19)(H,17,18). The Morgan fingerprint density at radius 2 is 1.96 bits per heavy atom. The van der Waals surface area contributed by atoms with Gasteiger partial charge in [0.25, 0.3) is 5.09 Å².